The highest BCUT2D eigenvalue weighted by molar-refractivity contribution is 5.59. The summed E-state index contributed by atoms with van der Waals surface area (Å²) in [5.41, 5.74) is 2.34. The fraction of sp³-hybridized carbons (Fsp3) is 0.312. The molecule has 1 aromatic carbocycles. The molecule has 20 heavy (non-hydrogen) atoms. The number of nitrogens with zero attached hydrogens (tertiary/aromatic N) is 1. The van der Waals surface area contributed by atoms with Crippen LogP contribution in [0.4, 0.5) is 4.39 Å². The van der Waals surface area contributed by atoms with Gasteiger partial charge in [-0.05, 0) is 48.9 Å². The lowest BCUT2D eigenvalue weighted by Gasteiger charge is -2.11. The van der Waals surface area contributed by atoms with Gasteiger partial charge in [0.1, 0.15) is 5.82 Å². The number of hydrogen-bond acceptors (Lipinski definition) is 2. The fourth-order valence-electron chi connectivity index (χ4n) is 2.13. The van der Waals surface area contributed by atoms with E-state index >= 15 is 0 Å². The molecule has 0 bridgehead atoms. The van der Waals surface area contributed by atoms with Gasteiger partial charge < -0.3 is 9.88 Å². The monoisotopic (exact) mass is 274 g/mol. The Bertz CT molecular complexity index is 632. The van der Waals surface area contributed by atoms with Gasteiger partial charge in [-0.15, -0.1) is 0 Å². The van der Waals surface area contributed by atoms with E-state index in [2.05, 4.69) is 12.2 Å². The zero-order valence-electron chi connectivity index (χ0n) is 11.8. The van der Waals surface area contributed by atoms with Crippen LogP contribution in [0, 0.1) is 5.82 Å². The second-order valence-corrected chi connectivity index (χ2v) is 4.79. The third kappa shape index (κ3) is 3.14. The van der Waals surface area contributed by atoms with Gasteiger partial charge in [-0.2, -0.15) is 0 Å². The van der Waals surface area contributed by atoms with Crippen LogP contribution >= 0.6 is 0 Å². The molecule has 1 N–H and O–H groups in total. The number of benzene rings is 1. The molecule has 0 aliphatic carbocycles. The molecule has 1 heterocycles. The van der Waals surface area contributed by atoms with Gasteiger partial charge in [0.25, 0.3) is 5.56 Å². The van der Waals surface area contributed by atoms with Crippen molar-refractivity contribution in [1.29, 1.82) is 0 Å². The summed E-state index contributed by atoms with van der Waals surface area (Å²) in [6.07, 6.45) is 1.04. The number of halogens is 1. The Labute approximate surface area is 118 Å². The molecular weight excluding hydrogens is 255 g/mol. The molecule has 1 aromatic heterocycles. The Morgan fingerprint density at radius 1 is 1.15 bits per heavy atom. The van der Waals surface area contributed by atoms with Crippen LogP contribution in [-0.2, 0) is 13.6 Å². The van der Waals surface area contributed by atoms with Crippen LogP contribution in [0.25, 0.3) is 11.3 Å². The Balaban J connectivity index is 2.31. The first-order valence-corrected chi connectivity index (χ1v) is 6.79. The highest BCUT2D eigenvalue weighted by Crippen LogP contribution is 2.17. The summed E-state index contributed by atoms with van der Waals surface area (Å²) in [6, 6.07) is 9.90. The molecule has 3 nitrogen and oxygen atoms in total. The molecule has 0 amide bonds. The van der Waals surface area contributed by atoms with Crippen molar-refractivity contribution in [3.05, 3.63) is 58.1 Å². The van der Waals surface area contributed by atoms with Crippen molar-refractivity contribution < 1.29 is 4.39 Å². The average Bonchev–Trinajstić information content (AvgIpc) is 2.45. The summed E-state index contributed by atoms with van der Waals surface area (Å²) in [6.45, 7) is 3.55. The molecule has 0 fully saturated rings. The van der Waals surface area contributed by atoms with Crippen molar-refractivity contribution in [2.45, 2.75) is 19.9 Å². The van der Waals surface area contributed by atoms with Crippen LogP contribution < -0.4 is 10.9 Å². The van der Waals surface area contributed by atoms with Crippen molar-refractivity contribution in [1.82, 2.24) is 9.88 Å². The predicted octanol–water partition coefficient (Wildman–Crippen LogP) is 2.69. The van der Waals surface area contributed by atoms with E-state index in [1.165, 1.54) is 12.1 Å². The molecule has 4 heteroatoms. The first-order valence-electron chi connectivity index (χ1n) is 6.79. The largest absolute Gasteiger partial charge is 0.312 e. The minimum absolute atomic E-state index is 0.0181. The van der Waals surface area contributed by atoms with Crippen LogP contribution in [0.3, 0.4) is 0 Å². The van der Waals surface area contributed by atoms with Crippen LogP contribution in [-0.4, -0.2) is 11.1 Å². The van der Waals surface area contributed by atoms with Crippen molar-refractivity contribution in [3.8, 4) is 11.3 Å². The second kappa shape index (κ2) is 6.48. The molecule has 2 rings (SSSR count). The quantitative estimate of drug-likeness (QED) is 0.851. The Morgan fingerprint density at radius 3 is 2.50 bits per heavy atom. The lowest BCUT2D eigenvalue weighted by molar-refractivity contribution is 0.628. The summed E-state index contributed by atoms with van der Waals surface area (Å²) in [4.78, 5) is 12.3. The van der Waals surface area contributed by atoms with E-state index in [-0.39, 0.29) is 11.4 Å². The Kier molecular flexibility index (Phi) is 4.69. The standard InChI is InChI=1S/C16H19FN2O/c1-3-10-18-11-13-6-9-15(19(2)16(13)20)12-4-7-14(17)8-5-12/h4-9,18H,3,10-11H2,1-2H3. The highest BCUT2D eigenvalue weighted by atomic mass is 19.1. The third-order valence-electron chi connectivity index (χ3n) is 3.27. The van der Waals surface area contributed by atoms with E-state index < -0.39 is 0 Å². The minimum atomic E-state index is -0.279. The number of hydrogen-bond donors (Lipinski definition) is 1. The van der Waals surface area contributed by atoms with E-state index in [4.69, 9.17) is 0 Å². The normalized spacial score (nSPS) is 10.8. The van der Waals surface area contributed by atoms with Crippen molar-refractivity contribution in [2.24, 2.45) is 7.05 Å². The maximum atomic E-state index is 12.9. The molecule has 2 aromatic rings. The molecule has 0 unspecified atom stereocenters. The maximum absolute atomic E-state index is 12.9. The average molecular weight is 274 g/mol. The number of pyridine rings is 1. The molecule has 0 aliphatic heterocycles. The first kappa shape index (κ1) is 14.5. The number of nitrogens with one attached hydrogen (secondary N) is 1. The van der Waals surface area contributed by atoms with Gasteiger partial charge in [-0.25, -0.2) is 4.39 Å². The van der Waals surface area contributed by atoms with Crippen LogP contribution in [0.5, 0.6) is 0 Å². The minimum Gasteiger partial charge on any atom is -0.312 e. The maximum Gasteiger partial charge on any atom is 0.255 e. The summed E-state index contributed by atoms with van der Waals surface area (Å²) in [5, 5.41) is 3.22. The van der Waals surface area contributed by atoms with Gasteiger partial charge in [0, 0.05) is 19.2 Å². The molecule has 0 aliphatic rings. The highest BCUT2D eigenvalue weighted by Gasteiger charge is 2.07. The molecule has 0 spiro atoms. The first-order chi connectivity index (χ1) is 9.63. The van der Waals surface area contributed by atoms with Gasteiger partial charge >= 0.3 is 0 Å². The molecule has 106 valence electrons. The van der Waals surface area contributed by atoms with Crippen LogP contribution in [0.1, 0.15) is 18.9 Å². The Morgan fingerprint density at radius 2 is 1.85 bits per heavy atom. The zero-order chi connectivity index (χ0) is 14.5. The fourth-order valence-corrected chi connectivity index (χ4v) is 2.13. The smallest absolute Gasteiger partial charge is 0.255 e. The van der Waals surface area contributed by atoms with Crippen LogP contribution in [0.2, 0.25) is 0 Å². The van der Waals surface area contributed by atoms with Gasteiger partial charge in [0.2, 0.25) is 0 Å². The second-order valence-electron chi connectivity index (χ2n) is 4.79. The van der Waals surface area contributed by atoms with E-state index in [0.29, 0.717) is 6.54 Å². The van der Waals surface area contributed by atoms with Crippen LogP contribution in [0.15, 0.2) is 41.2 Å². The van der Waals surface area contributed by atoms with Gasteiger partial charge in [0.15, 0.2) is 0 Å². The third-order valence-corrected chi connectivity index (χ3v) is 3.27. The van der Waals surface area contributed by atoms with Crippen molar-refractivity contribution in [2.75, 3.05) is 6.54 Å². The summed E-state index contributed by atoms with van der Waals surface area (Å²) in [5.74, 6) is -0.279. The van der Waals surface area contributed by atoms with Crippen molar-refractivity contribution >= 4 is 0 Å². The SMILES string of the molecule is CCCNCc1ccc(-c2ccc(F)cc2)n(C)c1=O. The van der Waals surface area contributed by atoms with Gasteiger partial charge in [0.05, 0.1) is 5.69 Å². The van der Waals surface area contributed by atoms with E-state index in [1.54, 1.807) is 23.7 Å². The summed E-state index contributed by atoms with van der Waals surface area (Å²) >= 11 is 0. The molecule has 0 radical (unpaired) electrons. The van der Waals surface area contributed by atoms with E-state index in [0.717, 1.165) is 29.8 Å². The molecular formula is C16H19FN2O. The summed E-state index contributed by atoms with van der Waals surface area (Å²) < 4.78 is 14.5. The molecule has 0 atom stereocenters. The van der Waals surface area contributed by atoms with Gasteiger partial charge in [-0.1, -0.05) is 13.0 Å². The number of rotatable bonds is 5. The van der Waals surface area contributed by atoms with E-state index in [9.17, 15) is 9.18 Å². The molecule has 0 saturated carbocycles. The van der Waals surface area contributed by atoms with Crippen molar-refractivity contribution in [3.63, 3.8) is 0 Å². The molecule has 0 saturated heterocycles. The van der Waals surface area contributed by atoms with E-state index in [1.807, 2.05) is 12.1 Å². The lowest BCUT2D eigenvalue weighted by Crippen LogP contribution is -2.26. The van der Waals surface area contributed by atoms with Gasteiger partial charge in [-0.3, -0.25) is 4.79 Å². The zero-order valence-corrected chi connectivity index (χ0v) is 11.8. The number of aromatic nitrogens is 1. The predicted molar refractivity (Wildman–Crippen MR) is 79.1 cm³/mol. The Hall–Kier alpha value is -1.94. The topological polar surface area (TPSA) is 34.0 Å². The summed E-state index contributed by atoms with van der Waals surface area (Å²) in [7, 11) is 1.74. The lowest BCUT2D eigenvalue weighted by atomic mass is 10.1.